The Morgan fingerprint density at radius 3 is 2.39 bits per heavy atom. The molecular weight excluding hydrogens is 514 g/mol. The van der Waals surface area contributed by atoms with E-state index in [0.717, 1.165) is 0 Å². The van der Waals surface area contributed by atoms with E-state index in [4.69, 9.17) is 47.6 Å². The Hall–Kier alpha value is -1.41. The molecule has 0 spiro atoms. The molecule has 1 saturated carbocycles. The third kappa shape index (κ3) is 7.01. The lowest BCUT2D eigenvalue weighted by molar-refractivity contribution is -0.305. The van der Waals surface area contributed by atoms with Crippen LogP contribution in [0.2, 0.25) is 0 Å². The minimum atomic E-state index is -2.06. The molecule has 3 aliphatic rings. The molecule has 0 aromatic heterocycles. The molecule has 1 amide bonds. The number of nitrogens with two attached hydrogens (primary N) is 5. The number of ether oxygens (including phenoxy) is 4. The molecule has 14 atom stereocenters. The molecule has 0 aromatic carbocycles. The van der Waals surface area contributed by atoms with Crippen molar-refractivity contribution in [1.82, 2.24) is 5.32 Å². The highest BCUT2D eigenvalue weighted by atomic mass is 19.1. The zero-order chi connectivity index (χ0) is 28.1. The highest BCUT2D eigenvalue weighted by Gasteiger charge is 2.51. The number of carbonyl (C=O) groups is 1. The van der Waals surface area contributed by atoms with Crippen molar-refractivity contribution in [1.29, 1.82) is 0 Å². The number of nitrogens with one attached hydrogen (secondary N) is 1. The van der Waals surface area contributed by atoms with Crippen LogP contribution in [-0.4, -0.2) is 127 Å². The van der Waals surface area contributed by atoms with E-state index in [0.29, 0.717) is 0 Å². The number of rotatable bonds is 10. The third-order valence-electron chi connectivity index (χ3n) is 6.94. The monoisotopic (exact) mass is 554 g/mol. The molecule has 2 fully saturated rings. The van der Waals surface area contributed by atoms with Crippen LogP contribution in [0, 0.1) is 0 Å². The summed E-state index contributed by atoms with van der Waals surface area (Å²) in [6.07, 6.45) is -11.3. The maximum Gasteiger partial charge on any atom is 0.249 e. The maximum atomic E-state index is 16.1. The first kappa shape index (κ1) is 31.1. The van der Waals surface area contributed by atoms with Gasteiger partial charge in [0.2, 0.25) is 5.91 Å². The molecule has 220 valence electrons. The lowest BCUT2D eigenvalue weighted by Crippen LogP contribution is -2.68. The number of alkyl halides is 2. The molecule has 1 saturated heterocycles. The summed E-state index contributed by atoms with van der Waals surface area (Å²) >= 11 is 0. The molecule has 2 heterocycles. The number of aliphatic hydroxyl groups is 3. The van der Waals surface area contributed by atoms with Gasteiger partial charge in [-0.3, -0.25) is 4.79 Å². The number of halogens is 2. The van der Waals surface area contributed by atoms with Crippen LogP contribution in [0.1, 0.15) is 12.8 Å². The fourth-order valence-electron chi connectivity index (χ4n) is 4.68. The van der Waals surface area contributed by atoms with Crippen molar-refractivity contribution < 1.29 is 47.8 Å². The average molecular weight is 555 g/mol. The van der Waals surface area contributed by atoms with Crippen molar-refractivity contribution in [2.24, 2.45) is 28.7 Å². The second-order valence-electron chi connectivity index (χ2n) is 9.75. The molecule has 1 aliphatic carbocycles. The molecule has 0 aromatic rings. The molecule has 3 rings (SSSR count). The fourth-order valence-corrected chi connectivity index (χ4v) is 4.68. The Kier molecular flexibility index (Phi) is 11.3. The van der Waals surface area contributed by atoms with Crippen molar-refractivity contribution in [2.75, 3.05) is 19.8 Å². The summed E-state index contributed by atoms with van der Waals surface area (Å²) in [5.41, 5.74) is 29.1. The molecule has 2 aliphatic heterocycles. The van der Waals surface area contributed by atoms with E-state index < -0.39 is 98.2 Å². The van der Waals surface area contributed by atoms with Gasteiger partial charge in [0.25, 0.3) is 0 Å². The van der Waals surface area contributed by atoms with E-state index >= 15 is 4.39 Å². The molecule has 38 heavy (non-hydrogen) atoms. The largest absolute Gasteiger partial charge is 0.389 e. The van der Waals surface area contributed by atoms with Crippen LogP contribution in [0.5, 0.6) is 0 Å². The highest BCUT2D eigenvalue weighted by molar-refractivity contribution is 5.80. The quantitative estimate of drug-likeness (QED) is 0.115. The zero-order valence-corrected chi connectivity index (χ0v) is 20.8. The number of hydrogen-bond donors (Lipinski definition) is 9. The van der Waals surface area contributed by atoms with Crippen LogP contribution in [0.15, 0.2) is 12.2 Å². The van der Waals surface area contributed by atoms with E-state index in [9.17, 15) is 24.5 Å². The summed E-state index contributed by atoms with van der Waals surface area (Å²) in [4.78, 5) is 12.5. The van der Waals surface area contributed by atoms with Gasteiger partial charge in [0.1, 0.15) is 43.3 Å². The second-order valence-corrected chi connectivity index (χ2v) is 9.75. The first-order chi connectivity index (χ1) is 18.0. The standard InChI is InChI=1S/C22H40F2N6O8/c23-6-13-16(32)15(29)17(33)22(36-13)38-19-11(30-20(34)12(31)3-4-25)5-10(28)18(14(19)24)37-21-9(27)2-1-8(7-26)35-21/h1-2,8-19,21-22,31-33H,3-7,25-29H2,(H,30,34)/t8?,9?,10-,11+,12-,13?,14?,15-,16-,17?,18?,19+,21-,22-/m0/s1. The second kappa shape index (κ2) is 13.8. The van der Waals surface area contributed by atoms with E-state index in [1.807, 2.05) is 0 Å². The normalized spacial score (nSPS) is 44.5. The van der Waals surface area contributed by atoms with Crippen molar-refractivity contribution in [3.8, 4) is 0 Å². The number of aliphatic hydroxyl groups excluding tert-OH is 3. The first-order valence-electron chi connectivity index (χ1n) is 12.5. The van der Waals surface area contributed by atoms with Gasteiger partial charge in [-0.25, -0.2) is 8.78 Å². The lowest BCUT2D eigenvalue weighted by Gasteiger charge is -2.47. The summed E-state index contributed by atoms with van der Waals surface area (Å²) in [6.45, 7) is -1.00. The number of hydrogen-bond acceptors (Lipinski definition) is 13. The number of amides is 1. The SMILES string of the molecule is NCC[C@H](O)C(=O)N[C@@H]1C[C@H](N)C(O[C@@H]2OC(CN)C=CC2N)C(F)[C@@H]1O[C@@H]1OC(CF)[C@H](O)[C@H](N)C1O. The van der Waals surface area contributed by atoms with E-state index in [1.165, 1.54) is 0 Å². The van der Waals surface area contributed by atoms with Crippen LogP contribution in [0.25, 0.3) is 0 Å². The first-order valence-corrected chi connectivity index (χ1v) is 12.5. The van der Waals surface area contributed by atoms with Gasteiger partial charge in [-0.15, -0.1) is 0 Å². The van der Waals surface area contributed by atoms with Gasteiger partial charge in [0.15, 0.2) is 18.8 Å². The van der Waals surface area contributed by atoms with Crippen LogP contribution >= 0.6 is 0 Å². The van der Waals surface area contributed by atoms with Crippen LogP contribution in [0.3, 0.4) is 0 Å². The summed E-state index contributed by atoms with van der Waals surface area (Å²) in [7, 11) is 0. The summed E-state index contributed by atoms with van der Waals surface area (Å²) < 4.78 is 52.1. The maximum absolute atomic E-state index is 16.1. The topological polar surface area (TPSA) is 257 Å². The van der Waals surface area contributed by atoms with Gasteiger partial charge in [0, 0.05) is 12.6 Å². The van der Waals surface area contributed by atoms with Gasteiger partial charge in [-0.2, -0.15) is 0 Å². The molecule has 6 unspecified atom stereocenters. The summed E-state index contributed by atoms with van der Waals surface area (Å²) in [5.74, 6) is -0.847. The minimum Gasteiger partial charge on any atom is -0.389 e. The lowest BCUT2D eigenvalue weighted by atomic mass is 9.84. The Morgan fingerprint density at radius 2 is 1.76 bits per heavy atom. The Morgan fingerprint density at radius 1 is 1.08 bits per heavy atom. The molecular formula is C22H40F2N6O8. The zero-order valence-electron chi connectivity index (χ0n) is 20.8. The van der Waals surface area contributed by atoms with E-state index in [-0.39, 0.29) is 25.9 Å². The molecule has 14 N–H and O–H groups in total. The van der Waals surface area contributed by atoms with Crippen molar-refractivity contribution >= 4 is 5.91 Å². The van der Waals surface area contributed by atoms with E-state index in [1.54, 1.807) is 12.2 Å². The Balaban J connectivity index is 1.83. The van der Waals surface area contributed by atoms with Crippen molar-refractivity contribution in [3.05, 3.63) is 12.2 Å². The predicted molar refractivity (Wildman–Crippen MR) is 128 cm³/mol. The van der Waals surface area contributed by atoms with Gasteiger partial charge < -0.3 is 68.3 Å². The van der Waals surface area contributed by atoms with Crippen LogP contribution in [-0.2, 0) is 23.7 Å². The fraction of sp³-hybridized carbons (Fsp3) is 0.864. The molecule has 16 heteroatoms. The molecule has 14 nitrogen and oxygen atoms in total. The molecule has 0 bridgehead atoms. The Bertz CT molecular complexity index is 803. The number of carbonyl (C=O) groups excluding carboxylic acids is 1. The van der Waals surface area contributed by atoms with Crippen LogP contribution in [0.4, 0.5) is 8.78 Å². The summed E-state index contributed by atoms with van der Waals surface area (Å²) in [6, 6.07) is -4.26. The third-order valence-corrected chi connectivity index (χ3v) is 6.94. The minimum absolute atomic E-state index is 0.0210. The summed E-state index contributed by atoms with van der Waals surface area (Å²) in [5, 5.41) is 33.1. The highest BCUT2D eigenvalue weighted by Crippen LogP contribution is 2.32. The van der Waals surface area contributed by atoms with Gasteiger partial charge in [-0.1, -0.05) is 12.2 Å². The van der Waals surface area contributed by atoms with Gasteiger partial charge in [-0.05, 0) is 19.4 Å². The smallest absolute Gasteiger partial charge is 0.249 e. The van der Waals surface area contributed by atoms with Crippen LogP contribution < -0.4 is 34.0 Å². The predicted octanol–water partition coefficient (Wildman–Crippen LogP) is -4.67. The molecule has 0 radical (unpaired) electrons. The average Bonchev–Trinajstić information content (AvgIpc) is 2.89. The van der Waals surface area contributed by atoms with Gasteiger partial charge >= 0.3 is 0 Å². The van der Waals surface area contributed by atoms with E-state index in [2.05, 4.69) is 5.32 Å². The Labute approximate surface area is 218 Å². The van der Waals surface area contributed by atoms with Crippen molar-refractivity contribution in [2.45, 2.75) is 98.5 Å². The van der Waals surface area contributed by atoms with Gasteiger partial charge in [0.05, 0.1) is 24.2 Å². The van der Waals surface area contributed by atoms with Crippen molar-refractivity contribution in [3.63, 3.8) is 0 Å².